The highest BCUT2D eigenvalue weighted by Gasteiger charge is 2.21. The van der Waals surface area contributed by atoms with Crippen LogP contribution in [0.3, 0.4) is 0 Å². The topological polar surface area (TPSA) is 70.4 Å². The van der Waals surface area contributed by atoms with E-state index in [1.165, 1.54) is 0 Å². The van der Waals surface area contributed by atoms with E-state index in [2.05, 4.69) is 0 Å². The highest BCUT2D eigenvalue weighted by atomic mass is 16.5. The zero-order valence-corrected chi connectivity index (χ0v) is 7.86. The number of para-hydroxylation sites is 1. The van der Waals surface area contributed by atoms with Crippen LogP contribution in [0, 0.1) is 5.41 Å². The Balaban J connectivity index is 2.65. The number of carbonyl (C=O) groups excluding carboxylic acids is 1. The van der Waals surface area contributed by atoms with Crippen molar-refractivity contribution in [3.63, 3.8) is 0 Å². The summed E-state index contributed by atoms with van der Waals surface area (Å²) in [6.45, 7) is -0.147. The molecule has 1 aromatic rings. The Morgan fingerprint density at radius 1 is 1.40 bits per heavy atom. The van der Waals surface area contributed by atoms with E-state index in [-0.39, 0.29) is 17.9 Å². The summed E-state index contributed by atoms with van der Waals surface area (Å²) in [5.41, 5.74) is 0.432. The fraction of sp³-hybridized carbons (Fsp3) is 0.0909. The van der Waals surface area contributed by atoms with Crippen molar-refractivity contribution in [2.45, 2.75) is 0 Å². The van der Waals surface area contributed by atoms with E-state index in [0.717, 1.165) is 6.21 Å². The normalized spacial score (nSPS) is 15.3. The number of aliphatic hydroxyl groups is 1. The molecule has 1 aromatic carbocycles. The van der Waals surface area contributed by atoms with E-state index in [1.54, 1.807) is 24.3 Å². The number of benzene rings is 1. The van der Waals surface area contributed by atoms with E-state index in [1.807, 2.05) is 0 Å². The van der Waals surface area contributed by atoms with Crippen LogP contribution in [0.4, 0.5) is 0 Å². The van der Waals surface area contributed by atoms with E-state index in [0.29, 0.717) is 11.3 Å². The maximum Gasteiger partial charge on any atom is 0.205 e. The third-order valence-electron chi connectivity index (χ3n) is 2.20. The molecule has 1 heterocycles. The van der Waals surface area contributed by atoms with Crippen molar-refractivity contribution >= 4 is 17.8 Å². The third-order valence-corrected chi connectivity index (χ3v) is 2.20. The summed E-state index contributed by atoms with van der Waals surface area (Å²) in [6, 6.07) is 6.81. The monoisotopic (exact) mass is 203 g/mol. The van der Waals surface area contributed by atoms with Gasteiger partial charge >= 0.3 is 0 Å². The number of hydrogen-bond acceptors (Lipinski definition) is 4. The van der Waals surface area contributed by atoms with E-state index in [9.17, 15) is 9.90 Å². The number of hydrogen-bond donors (Lipinski definition) is 2. The van der Waals surface area contributed by atoms with E-state index in [4.69, 9.17) is 10.1 Å². The molecule has 0 saturated carbocycles. The van der Waals surface area contributed by atoms with Crippen LogP contribution in [0.1, 0.15) is 5.56 Å². The quantitative estimate of drug-likeness (QED) is 0.680. The largest absolute Gasteiger partial charge is 0.506 e. The second-order valence-electron chi connectivity index (χ2n) is 3.11. The minimum Gasteiger partial charge on any atom is -0.506 e. The first kappa shape index (κ1) is 9.45. The molecule has 0 fully saturated rings. The van der Waals surface area contributed by atoms with Crippen LogP contribution in [0.25, 0.3) is 5.76 Å². The van der Waals surface area contributed by atoms with Gasteiger partial charge in [0.05, 0.1) is 11.1 Å². The molecule has 0 bridgehead atoms. The standard InChI is InChI=1S/C11H9NO3/c12-5-8-9(13)6-15-10-4-2-1-3-7(10)11(8)14/h1-5,12,14H,6H2. The number of carbonyl (C=O) groups is 1. The van der Waals surface area contributed by atoms with Crippen molar-refractivity contribution in [3.8, 4) is 5.75 Å². The molecule has 0 amide bonds. The lowest BCUT2D eigenvalue weighted by Crippen LogP contribution is -2.13. The van der Waals surface area contributed by atoms with Gasteiger partial charge in [-0.1, -0.05) is 12.1 Å². The molecule has 1 aliphatic rings. The summed E-state index contributed by atoms with van der Waals surface area (Å²) in [4.78, 5) is 11.4. The van der Waals surface area contributed by atoms with Gasteiger partial charge in [-0.2, -0.15) is 0 Å². The summed E-state index contributed by atoms with van der Waals surface area (Å²) in [5.74, 6) is -0.123. The van der Waals surface area contributed by atoms with Crippen LogP contribution in [0.5, 0.6) is 5.75 Å². The molecule has 15 heavy (non-hydrogen) atoms. The molecular weight excluding hydrogens is 194 g/mol. The lowest BCUT2D eigenvalue weighted by Gasteiger charge is -2.05. The summed E-state index contributed by atoms with van der Waals surface area (Å²) in [6.07, 6.45) is 0.850. The lowest BCUT2D eigenvalue weighted by atomic mass is 10.1. The Morgan fingerprint density at radius 3 is 2.87 bits per heavy atom. The van der Waals surface area contributed by atoms with Gasteiger partial charge in [0.2, 0.25) is 5.78 Å². The Labute approximate surface area is 86.3 Å². The molecule has 0 aliphatic carbocycles. The van der Waals surface area contributed by atoms with E-state index >= 15 is 0 Å². The highest BCUT2D eigenvalue weighted by molar-refractivity contribution is 6.18. The van der Waals surface area contributed by atoms with Gasteiger partial charge in [0, 0.05) is 6.21 Å². The molecule has 0 aromatic heterocycles. The molecular formula is C11H9NO3. The Morgan fingerprint density at radius 2 is 2.13 bits per heavy atom. The maximum absolute atomic E-state index is 11.4. The summed E-state index contributed by atoms with van der Waals surface area (Å²) in [7, 11) is 0. The van der Waals surface area contributed by atoms with Gasteiger partial charge < -0.3 is 15.3 Å². The summed E-state index contributed by atoms with van der Waals surface area (Å²) >= 11 is 0. The molecule has 0 saturated heterocycles. The number of nitrogens with one attached hydrogen (secondary N) is 1. The average Bonchev–Trinajstić information content (AvgIpc) is 2.38. The van der Waals surface area contributed by atoms with E-state index < -0.39 is 5.78 Å². The lowest BCUT2D eigenvalue weighted by molar-refractivity contribution is -0.116. The smallest absolute Gasteiger partial charge is 0.205 e. The maximum atomic E-state index is 11.4. The fourth-order valence-corrected chi connectivity index (χ4v) is 1.44. The molecule has 4 heteroatoms. The number of rotatable bonds is 1. The van der Waals surface area contributed by atoms with Gasteiger partial charge in [-0.15, -0.1) is 0 Å². The first-order chi connectivity index (χ1) is 7.24. The molecule has 2 rings (SSSR count). The van der Waals surface area contributed by atoms with Crippen LogP contribution in [0.2, 0.25) is 0 Å². The van der Waals surface area contributed by atoms with Crippen LogP contribution < -0.4 is 4.74 Å². The number of Topliss-reactive ketones (excluding diaryl/α,β-unsaturated/α-hetero) is 1. The SMILES string of the molecule is N=CC1=C(O)c2ccccc2OCC1=O. The van der Waals surface area contributed by atoms with Crippen molar-refractivity contribution in [1.82, 2.24) is 0 Å². The predicted octanol–water partition coefficient (Wildman–Crippen LogP) is 1.57. The van der Waals surface area contributed by atoms with Gasteiger partial charge in [-0.25, -0.2) is 0 Å². The van der Waals surface area contributed by atoms with Crippen molar-refractivity contribution < 1.29 is 14.6 Å². The second-order valence-corrected chi connectivity index (χ2v) is 3.11. The zero-order chi connectivity index (χ0) is 10.8. The van der Waals surface area contributed by atoms with Crippen LogP contribution in [-0.4, -0.2) is 23.7 Å². The molecule has 0 unspecified atom stereocenters. The fourth-order valence-electron chi connectivity index (χ4n) is 1.44. The summed E-state index contributed by atoms with van der Waals surface area (Å²) < 4.78 is 5.21. The van der Waals surface area contributed by atoms with Crippen LogP contribution in [-0.2, 0) is 4.79 Å². The molecule has 0 spiro atoms. The van der Waals surface area contributed by atoms with Crippen molar-refractivity contribution in [2.24, 2.45) is 0 Å². The number of ether oxygens (including phenoxy) is 1. The number of aliphatic hydroxyl groups excluding tert-OH is 1. The Bertz CT molecular complexity index is 463. The Hall–Kier alpha value is -2.10. The van der Waals surface area contributed by atoms with Gasteiger partial charge in [-0.3, -0.25) is 4.79 Å². The van der Waals surface area contributed by atoms with Crippen molar-refractivity contribution in [1.29, 1.82) is 5.41 Å². The number of fused-ring (bicyclic) bond motifs is 1. The van der Waals surface area contributed by atoms with Gasteiger partial charge in [0.1, 0.15) is 11.5 Å². The molecule has 76 valence electrons. The average molecular weight is 203 g/mol. The summed E-state index contributed by atoms with van der Waals surface area (Å²) in [5, 5.41) is 16.9. The molecule has 4 nitrogen and oxygen atoms in total. The minimum atomic E-state index is -0.390. The second kappa shape index (κ2) is 3.57. The number of ketones is 1. The third kappa shape index (κ3) is 1.50. The first-order valence-corrected chi connectivity index (χ1v) is 4.43. The van der Waals surface area contributed by atoms with Crippen LogP contribution in [0.15, 0.2) is 29.8 Å². The first-order valence-electron chi connectivity index (χ1n) is 4.43. The van der Waals surface area contributed by atoms with Crippen molar-refractivity contribution in [3.05, 3.63) is 35.4 Å². The molecule has 0 radical (unpaired) electrons. The molecule has 2 N–H and O–H groups in total. The van der Waals surface area contributed by atoms with Gasteiger partial charge in [-0.05, 0) is 12.1 Å². The predicted molar refractivity (Wildman–Crippen MR) is 55.3 cm³/mol. The molecule has 1 aliphatic heterocycles. The highest BCUT2D eigenvalue weighted by Crippen LogP contribution is 2.28. The van der Waals surface area contributed by atoms with Gasteiger partial charge in [0.15, 0.2) is 6.61 Å². The van der Waals surface area contributed by atoms with Gasteiger partial charge in [0.25, 0.3) is 0 Å². The zero-order valence-electron chi connectivity index (χ0n) is 7.86. The Kier molecular flexibility index (Phi) is 2.25. The minimum absolute atomic E-state index is 0.0139. The molecule has 0 atom stereocenters. The van der Waals surface area contributed by atoms with Crippen molar-refractivity contribution in [2.75, 3.05) is 6.61 Å². The van der Waals surface area contributed by atoms with Crippen LogP contribution >= 0.6 is 0 Å².